The Bertz CT molecular complexity index is 918. The number of carbonyl (C=O) groups is 3. The molecule has 0 aromatic rings. The van der Waals surface area contributed by atoms with Gasteiger partial charge in [-0.2, -0.15) is 0 Å². The number of Topliss-reactive ketones (excluding diaryl/α,β-unsaturated/α-hetero) is 2. The molecule has 4 heterocycles. The number of fused-ring (bicyclic) bond motifs is 4. The lowest BCUT2D eigenvalue weighted by molar-refractivity contribution is -0.355. The van der Waals surface area contributed by atoms with E-state index in [1.807, 2.05) is 26.8 Å². The number of carbonyl (C=O) groups excluding carboxylic acids is 3. The molecule has 1 amide bonds. The van der Waals surface area contributed by atoms with Crippen LogP contribution in [0.25, 0.3) is 0 Å². The van der Waals surface area contributed by atoms with Crippen molar-refractivity contribution in [2.45, 2.75) is 57.4 Å². The van der Waals surface area contributed by atoms with Crippen LogP contribution >= 0.6 is 0 Å². The van der Waals surface area contributed by atoms with E-state index in [1.165, 1.54) is 6.08 Å². The van der Waals surface area contributed by atoms with Crippen LogP contribution < -0.4 is 5.32 Å². The van der Waals surface area contributed by atoms with Crippen LogP contribution in [0.3, 0.4) is 0 Å². The van der Waals surface area contributed by atoms with Gasteiger partial charge in [0.2, 0.25) is 5.79 Å². The SMILES string of the molecule is CC(/C=C/C(O)=C1/C(=O)CNC1=O)=C\[C@@H](C)[C@@H]1O[C@@]2(C)O[C@@H](C(=O)[C@H]3O[C@@]32CO)[C@H]1C. The number of ether oxygens (including phenoxy) is 3. The van der Waals surface area contributed by atoms with Crippen LogP contribution in [0.1, 0.15) is 27.7 Å². The molecule has 3 N–H and O–H groups in total. The van der Waals surface area contributed by atoms with Crippen LogP contribution in [0.5, 0.6) is 0 Å². The fraction of sp³-hybridized carbons (Fsp3) is 0.591. The predicted molar refractivity (Wildman–Crippen MR) is 107 cm³/mol. The Labute approximate surface area is 179 Å². The molecule has 4 aliphatic rings. The Morgan fingerprint density at radius 1 is 1.26 bits per heavy atom. The summed E-state index contributed by atoms with van der Waals surface area (Å²) in [5.41, 5.74) is -0.637. The van der Waals surface area contributed by atoms with Crippen LogP contribution in [0, 0.1) is 11.8 Å². The first-order valence-electron chi connectivity index (χ1n) is 10.3. The van der Waals surface area contributed by atoms with Gasteiger partial charge in [-0.25, -0.2) is 0 Å². The number of allylic oxidation sites excluding steroid dienone is 3. The molecular formula is C22H27NO8. The van der Waals surface area contributed by atoms with E-state index in [0.29, 0.717) is 0 Å². The average molecular weight is 433 g/mol. The predicted octanol–water partition coefficient (Wildman–Crippen LogP) is 0.485. The number of hydrogen-bond acceptors (Lipinski definition) is 8. The van der Waals surface area contributed by atoms with Crippen molar-refractivity contribution in [2.24, 2.45) is 11.8 Å². The summed E-state index contributed by atoms with van der Waals surface area (Å²) in [6, 6.07) is 0. The van der Waals surface area contributed by atoms with Crippen LogP contribution in [0.15, 0.2) is 35.1 Å². The number of epoxide rings is 1. The lowest BCUT2D eigenvalue weighted by Gasteiger charge is -2.51. The van der Waals surface area contributed by atoms with E-state index >= 15 is 0 Å². The van der Waals surface area contributed by atoms with Gasteiger partial charge in [0.25, 0.3) is 5.91 Å². The molecule has 4 aliphatic heterocycles. The maximum atomic E-state index is 12.7. The van der Waals surface area contributed by atoms with Crippen molar-refractivity contribution in [1.82, 2.24) is 5.32 Å². The third kappa shape index (κ3) is 3.27. The second kappa shape index (κ2) is 7.37. The normalized spacial score (nSPS) is 42.5. The highest BCUT2D eigenvalue weighted by molar-refractivity contribution is 6.25. The van der Waals surface area contributed by atoms with Crippen molar-refractivity contribution >= 4 is 17.5 Å². The molecular weight excluding hydrogens is 406 g/mol. The molecule has 2 bridgehead atoms. The Hall–Kier alpha value is -2.33. The van der Waals surface area contributed by atoms with E-state index in [-0.39, 0.29) is 48.2 Å². The van der Waals surface area contributed by atoms with Gasteiger partial charge in [0.1, 0.15) is 17.4 Å². The first-order valence-corrected chi connectivity index (χ1v) is 10.3. The summed E-state index contributed by atoms with van der Waals surface area (Å²) < 4.78 is 17.8. The zero-order valence-electron chi connectivity index (χ0n) is 17.9. The molecule has 0 spiro atoms. The summed E-state index contributed by atoms with van der Waals surface area (Å²) >= 11 is 0. The molecule has 4 saturated heterocycles. The van der Waals surface area contributed by atoms with Gasteiger partial charge in [0.05, 0.1) is 19.3 Å². The van der Waals surface area contributed by atoms with Gasteiger partial charge >= 0.3 is 0 Å². The van der Waals surface area contributed by atoms with E-state index in [0.717, 1.165) is 5.57 Å². The Morgan fingerprint density at radius 2 is 1.97 bits per heavy atom. The molecule has 4 rings (SSSR count). The molecule has 31 heavy (non-hydrogen) atoms. The zero-order valence-corrected chi connectivity index (χ0v) is 17.9. The van der Waals surface area contributed by atoms with Crippen molar-refractivity contribution in [3.05, 3.63) is 35.1 Å². The van der Waals surface area contributed by atoms with Crippen LogP contribution in [0.2, 0.25) is 0 Å². The second-order valence-corrected chi connectivity index (χ2v) is 8.84. The fourth-order valence-electron chi connectivity index (χ4n) is 4.82. The van der Waals surface area contributed by atoms with Crippen molar-refractivity contribution in [1.29, 1.82) is 0 Å². The minimum Gasteiger partial charge on any atom is -0.507 e. The van der Waals surface area contributed by atoms with Crippen molar-refractivity contribution in [3.8, 4) is 0 Å². The Morgan fingerprint density at radius 3 is 2.58 bits per heavy atom. The molecule has 0 unspecified atom stereocenters. The molecule has 168 valence electrons. The molecule has 4 fully saturated rings. The third-order valence-corrected chi connectivity index (χ3v) is 6.67. The summed E-state index contributed by atoms with van der Waals surface area (Å²) in [5.74, 6) is -3.20. The van der Waals surface area contributed by atoms with Crippen molar-refractivity contribution in [3.63, 3.8) is 0 Å². The topological polar surface area (TPSA) is 135 Å². The quantitative estimate of drug-likeness (QED) is 0.187. The number of ketones is 2. The van der Waals surface area contributed by atoms with E-state index in [9.17, 15) is 24.6 Å². The monoisotopic (exact) mass is 433 g/mol. The highest BCUT2D eigenvalue weighted by atomic mass is 16.8. The minimum absolute atomic E-state index is 0.116. The van der Waals surface area contributed by atoms with Crippen LogP contribution in [0.4, 0.5) is 0 Å². The molecule has 0 aromatic carbocycles. The summed E-state index contributed by atoms with van der Waals surface area (Å²) in [4.78, 5) is 36.0. The minimum atomic E-state index is -1.23. The lowest BCUT2D eigenvalue weighted by atomic mass is 9.78. The first-order chi connectivity index (χ1) is 14.5. The second-order valence-electron chi connectivity index (χ2n) is 8.84. The number of rotatable bonds is 5. The number of aliphatic hydroxyl groups is 2. The number of amides is 1. The maximum absolute atomic E-state index is 12.7. The third-order valence-electron chi connectivity index (χ3n) is 6.67. The summed E-state index contributed by atoms with van der Waals surface area (Å²) in [6.07, 6.45) is 3.07. The maximum Gasteiger partial charge on any atom is 0.259 e. The standard InChI is InChI=1S/C22H27NO8/c1-10(5-6-13(25)15-14(26)8-23-20(15)28)7-11(2)17-12(3)18-16(27)19-22(9-24,31-19)21(4,29-17)30-18/h5-7,11-12,17-19,24-25H,8-9H2,1-4H3,(H,23,28)/b6-5+,10-7+,15-13+/t11-,12+,17+,18-,19-,21+,22+/m1/s1. The summed E-state index contributed by atoms with van der Waals surface area (Å²) in [7, 11) is 0. The zero-order chi connectivity index (χ0) is 22.7. The molecule has 7 atom stereocenters. The lowest BCUT2D eigenvalue weighted by Crippen LogP contribution is -2.67. The molecule has 0 aromatic heterocycles. The van der Waals surface area contributed by atoms with E-state index in [4.69, 9.17) is 14.2 Å². The summed E-state index contributed by atoms with van der Waals surface area (Å²) in [5, 5.41) is 22.3. The van der Waals surface area contributed by atoms with Crippen molar-refractivity contribution < 1.29 is 38.8 Å². The van der Waals surface area contributed by atoms with Crippen molar-refractivity contribution in [2.75, 3.05) is 13.2 Å². The molecule has 0 radical (unpaired) electrons. The van der Waals surface area contributed by atoms with Gasteiger partial charge < -0.3 is 29.7 Å². The van der Waals surface area contributed by atoms with Gasteiger partial charge in [-0.05, 0) is 19.9 Å². The van der Waals surface area contributed by atoms with Crippen LogP contribution in [-0.2, 0) is 28.6 Å². The van der Waals surface area contributed by atoms with E-state index in [1.54, 1.807) is 13.0 Å². The van der Waals surface area contributed by atoms with Gasteiger partial charge in [-0.3, -0.25) is 14.4 Å². The molecule has 0 saturated carbocycles. The smallest absolute Gasteiger partial charge is 0.259 e. The Balaban J connectivity index is 1.53. The van der Waals surface area contributed by atoms with E-state index < -0.39 is 35.3 Å². The van der Waals surface area contributed by atoms with Gasteiger partial charge in [0.15, 0.2) is 23.3 Å². The highest BCUT2D eigenvalue weighted by Crippen LogP contribution is 2.57. The number of hydrogen-bond donors (Lipinski definition) is 3. The van der Waals surface area contributed by atoms with E-state index in [2.05, 4.69) is 5.32 Å². The van der Waals surface area contributed by atoms with Gasteiger partial charge in [-0.15, -0.1) is 0 Å². The molecule has 9 nitrogen and oxygen atoms in total. The largest absolute Gasteiger partial charge is 0.507 e. The average Bonchev–Trinajstić information content (AvgIpc) is 3.40. The highest BCUT2D eigenvalue weighted by Gasteiger charge is 2.78. The molecule has 9 heteroatoms. The fourth-order valence-corrected chi connectivity index (χ4v) is 4.82. The van der Waals surface area contributed by atoms with Gasteiger partial charge in [0, 0.05) is 11.8 Å². The Kier molecular flexibility index (Phi) is 5.20. The molecule has 0 aliphatic carbocycles. The van der Waals surface area contributed by atoms with Crippen LogP contribution in [-0.4, -0.2) is 70.5 Å². The number of aliphatic hydroxyl groups excluding tert-OH is 2. The van der Waals surface area contributed by atoms with Gasteiger partial charge in [-0.1, -0.05) is 31.6 Å². The first kappa shape index (κ1) is 21.9. The summed E-state index contributed by atoms with van der Waals surface area (Å²) in [6.45, 7) is 6.84. The number of nitrogens with one attached hydrogen (secondary N) is 1.